The first-order valence-corrected chi connectivity index (χ1v) is 4.17. The summed E-state index contributed by atoms with van der Waals surface area (Å²) in [6.45, 7) is 1.10. The quantitative estimate of drug-likeness (QED) is 0.601. The van der Waals surface area contributed by atoms with Crippen molar-refractivity contribution >= 4 is 5.91 Å². The second kappa shape index (κ2) is 3.87. The minimum absolute atomic E-state index is 0.112. The van der Waals surface area contributed by atoms with Crippen LogP contribution in [-0.2, 0) is 9.53 Å². The van der Waals surface area contributed by atoms with Crippen molar-refractivity contribution in [1.82, 2.24) is 5.32 Å². The fourth-order valence-electron chi connectivity index (χ4n) is 1.32. The Morgan fingerprint density at radius 3 is 2.67 bits per heavy atom. The summed E-state index contributed by atoms with van der Waals surface area (Å²) >= 11 is 0. The predicted octanol–water partition coefficient (Wildman–Crippen LogP) is -0.336. The molecule has 0 saturated carbocycles. The highest BCUT2D eigenvalue weighted by Crippen LogP contribution is 2.23. The van der Waals surface area contributed by atoms with Gasteiger partial charge in [0.1, 0.15) is 0 Å². The number of rotatable bonds is 2. The normalized spacial score (nSPS) is 21.8. The highest BCUT2D eigenvalue weighted by Gasteiger charge is 2.31. The van der Waals surface area contributed by atoms with E-state index in [1.807, 2.05) is 0 Å². The van der Waals surface area contributed by atoms with E-state index in [1.54, 1.807) is 7.05 Å². The van der Waals surface area contributed by atoms with Gasteiger partial charge in [0.25, 0.3) is 0 Å². The third kappa shape index (κ3) is 2.46. The summed E-state index contributed by atoms with van der Waals surface area (Å²) < 4.78 is 5.09. The van der Waals surface area contributed by atoms with Crippen molar-refractivity contribution in [2.75, 3.05) is 20.3 Å². The van der Waals surface area contributed by atoms with Gasteiger partial charge in [-0.15, -0.1) is 0 Å². The Morgan fingerprint density at radius 2 is 2.17 bits per heavy atom. The Hall–Kier alpha value is -0.610. The Balaban J connectivity index is 2.41. The van der Waals surface area contributed by atoms with Crippen molar-refractivity contribution in [3.63, 3.8) is 0 Å². The minimum atomic E-state index is -0.835. The molecule has 1 rings (SSSR count). The van der Waals surface area contributed by atoms with Gasteiger partial charge in [-0.25, -0.2) is 0 Å². The minimum Gasteiger partial charge on any atom is -0.389 e. The van der Waals surface area contributed by atoms with E-state index in [9.17, 15) is 9.90 Å². The number of carbonyl (C=O) groups excluding carboxylic acids is 1. The van der Waals surface area contributed by atoms with Crippen LogP contribution < -0.4 is 5.32 Å². The van der Waals surface area contributed by atoms with Crippen LogP contribution in [-0.4, -0.2) is 36.9 Å². The van der Waals surface area contributed by atoms with Gasteiger partial charge in [-0.2, -0.15) is 0 Å². The summed E-state index contributed by atoms with van der Waals surface area (Å²) in [5.41, 5.74) is -0.835. The molecule has 70 valence electrons. The van der Waals surface area contributed by atoms with E-state index in [4.69, 9.17) is 4.74 Å². The number of nitrogens with one attached hydrogen (secondary N) is 1. The second-order valence-corrected chi connectivity index (χ2v) is 3.19. The number of carbonyl (C=O) groups is 1. The largest absolute Gasteiger partial charge is 0.389 e. The number of hydrogen-bond acceptors (Lipinski definition) is 3. The van der Waals surface area contributed by atoms with Gasteiger partial charge >= 0.3 is 0 Å². The molecule has 0 atom stereocenters. The molecule has 0 aromatic rings. The van der Waals surface area contributed by atoms with Crippen molar-refractivity contribution in [1.29, 1.82) is 0 Å². The van der Waals surface area contributed by atoms with Crippen LogP contribution in [0.2, 0.25) is 0 Å². The van der Waals surface area contributed by atoms with Crippen molar-refractivity contribution in [2.24, 2.45) is 0 Å². The molecule has 0 spiro atoms. The third-order valence-corrected chi connectivity index (χ3v) is 2.19. The Kier molecular flexibility index (Phi) is 3.05. The molecule has 0 aromatic heterocycles. The van der Waals surface area contributed by atoms with Gasteiger partial charge in [0.15, 0.2) is 0 Å². The van der Waals surface area contributed by atoms with E-state index >= 15 is 0 Å². The summed E-state index contributed by atoms with van der Waals surface area (Å²) in [4.78, 5) is 11.0. The van der Waals surface area contributed by atoms with E-state index < -0.39 is 5.60 Å². The molecular formula is C8H15NO3. The van der Waals surface area contributed by atoms with Gasteiger partial charge in [-0.3, -0.25) is 4.79 Å². The molecule has 0 aliphatic carbocycles. The van der Waals surface area contributed by atoms with Crippen LogP contribution in [0.3, 0.4) is 0 Å². The lowest BCUT2D eigenvalue weighted by atomic mass is 9.90. The fourth-order valence-corrected chi connectivity index (χ4v) is 1.32. The smallest absolute Gasteiger partial charge is 0.222 e. The molecule has 1 aliphatic rings. The SMILES string of the molecule is CNC(=O)CC1(O)CCOCC1. The van der Waals surface area contributed by atoms with E-state index in [-0.39, 0.29) is 12.3 Å². The number of amides is 1. The van der Waals surface area contributed by atoms with Crippen molar-refractivity contribution in [3.8, 4) is 0 Å². The lowest BCUT2D eigenvalue weighted by Gasteiger charge is -2.31. The van der Waals surface area contributed by atoms with Crippen molar-refractivity contribution in [2.45, 2.75) is 24.9 Å². The van der Waals surface area contributed by atoms with Gasteiger partial charge in [-0.1, -0.05) is 0 Å². The molecular weight excluding hydrogens is 158 g/mol. The van der Waals surface area contributed by atoms with E-state index in [2.05, 4.69) is 5.32 Å². The zero-order chi connectivity index (χ0) is 9.03. The first-order valence-electron chi connectivity index (χ1n) is 4.17. The molecule has 4 nitrogen and oxygen atoms in total. The van der Waals surface area contributed by atoms with E-state index in [0.29, 0.717) is 26.1 Å². The lowest BCUT2D eigenvalue weighted by molar-refractivity contribution is -0.130. The van der Waals surface area contributed by atoms with Crippen LogP contribution >= 0.6 is 0 Å². The summed E-state index contributed by atoms with van der Waals surface area (Å²) in [5, 5.41) is 12.3. The Morgan fingerprint density at radius 1 is 1.58 bits per heavy atom. The number of ether oxygens (including phenoxy) is 1. The van der Waals surface area contributed by atoms with Gasteiger partial charge in [0.2, 0.25) is 5.91 Å². The maximum absolute atomic E-state index is 11.0. The molecule has 12 heavy (non-hydrogen) atoms. The number of hydrogen-bond donors (Lipinski definition) is 2. The monoisotopic (exact) mass is 173 g/mol. The highest BCUT2D eigenvalue weighted by atomic mass is 16.5. The van der Waals surface area contributed by atoms with Gasteiger partial charge in [0.05, 0.1) is 12.0 Å². The van der Waals surface area contributed by atoms with Crippen LogP contribution in [0.25, 0.3) is 0 Å². The molecule has 1 amide bonds. The van der Waals surface area contributed by atoms with Crippen LogP contribution in [0.1, 0.15) is 19.3 Å². The standard InChI is InChI=1S/C8H15NO3/c1-9-7(10)6-8(11)2-4-12-5-3-8/h11H,2-6H2,1H3,(H,9,10). The molecule has 1 fully saturated rings. The molecule has 2 N–H and O–H groups in total. The summed E-state index contributed by atoms with van der Waals surface area (Å²) in [6.07, 6.45) is 1.30. The summed E-state index contributed by atoms with van der Waals surface area (Å²) in [7, 11) is 1.57. The molecule has 0 unspecified atom stereocenters. The van der Waals surface area contributed by atoms with E-state index in [0.717, 1.165) is 0 Å². The first kappa shape index (κ1) is 9.48. The molecule has 0 aromatic carbocycles. The van der Waals surface area contributed by atoms with Crippen molar-refractivity contribution < 1.29 is 14.6 Å². The summed E-state index contributed by atoms with van der Waals surface area (Å²) in [6, 6.07) is 0. The molecule has 0 bridgehead atoms. The van der Waals surface area contributed by atoms with Crippen LogP contribution in [0, 0.1) is 0 Å². The Bertz CT molecular complexity index is 164. The second-order valence-electron chi connectivity index (χ2n) is 3.19. The molecule has 4 heteroatoms. The molecule has 1 saturated heterocycles. The Labute approximate surface area is 71.9 Å². The molecule has 0 radical (unpaired) electrons. The zero-order valence-electron chi connectivity index (χ0n) is 7.30. The topological polar surface area (TPSA) is 58.6 Å². The fraction of sp³-hybridized carbons (Fsp3) is 0.875. The average molecular weight is 173 g/mol. The molecule has 1 heterocycles. The summed E-state index contributed by atoms with van der Waals surface area (Å²) in [5.74, 6) is -0.112. The van der Waals surface area contributed by atoms with E-state index in [1.165, 1.54) is 0 Å². The molecule has 1 aliphatic heterocycles. The average Bonchev–Trinajstić information content (AvgIpc) is 2.05. The highest BCUT2D eigenvalue weighted by molar-refractivity contribution is 5.76. The predicted molar refractivity (Wildman–Crippen MR) is 43.7 cm³/mol. The maximum Gasteiger partial charge on any atom is 0.222 e. The van der Waals surface area contributed by atoms with Crippen LogP contribution in [0.5, 0.6) is 0 Å². The third-order valence-electron chi connectivity index (χ3n) is 2.19. The maximum atomic E-state index is 11.0. The van der Waals surface area contributed by atoms with Gasteiger partial charge in [-0.05, 0) is 0 Å². The lowest BCUT2D eigenvalue weighted by Crippen LogP contribution is -2.40. The van der Waals surface area contributed by atoms with Gasteiger partial charge in [0, 0.05) is 33.1 Å². The van der Waals surface area contributed by atoms with Crippen molar-refractivity contribution in [3.05, 3.63) is 0 Å². The first-order chi connectivity index (χ1) is 5.66. The van der Waals surface area contributed by atoms with Gasteiger partial charge < -0.3 is 15.2 Å². The van der Waals surface area contributed by atoms with Crippen LogP contribution in [0.4, 0.5) is 0 Å². The number of aliphatic hydroxyl groups is 1. The van der Waals surface area contributed by atoms with Crippen LogP contribution in [0.15, 0.2) is 0 Å². The zero-order valence-corrected chi connectivity index (χ0v) is 7.30.